The molecule has 27 heavy (non-hydrogen) atoms. The first-order valence-electron chi connectivity index (χ1n) is 9.20. The van der Waals surface area contributed by atoms with Crippen LogP contribution >= 0.6 is 11.6 Å². The molecular weight excluding hydrogens is 380 g/mol. The predicted molar refractivity (Wildman–Crippen MR) is 110 cm³/mol. The first-order valence-corrected chi connectivity index (χ1v) is 11.0. The van der Waals surface area contributed by atoms with Gasteiger partial charge in [0.05, 0.1) is 4.90 Å². The molecule has 3 aromatic rings. The summed E-state index contributed by atoms with van der Waals surface area (Å²) >= 11 is 6.08. The van der Waals surface area contributed by atoms with Crippen molar-refractivity contribution < 1.29 is 8.42 Å². The molecule has 2 heterocycles. The van der Waals surface area contributed by atoms with Crippen molar-refractivity contribution in [2.24, 2.45) is 0 Å². The monoisotopic (exact) mass is 402 g/mol. The molecule has 0 amide bonds. The van der Waals surface area contributed by atoms with E-state index in [2.05, 4.69) is 11.1 Å². The number of hydrogen-bond acceptors (Lipinski definition) is 2. The van der Waals surface area contributed by atoms with Gasteiger partial charge < -0.3 is 4.98 Å². The van der Waals surface area contributed by atoms with Crippen molar-refractivity contribution in [1.82, 2.24) is 9.29 Å². The fourth-order valence-corrected chi connectivity index (χ4v) is 5.84. The molecule has 142 valence electrons. The van der Waals surface area contributed by atoms with Crippen LogP contribution in [0.4, 0.5) is 0 Å². The quantitative estimate of drug-likeness (QED) is 0.669. The van der Waals surface area contributed by atoms with Crippen molar-refractivity contribution in [1.29, 1.82) is 0 Å². The van der Waals surface area contributed by atoms with Gasteiger partial charge in [-0.05, 0) is 68.1 Å². The molecule has 6 heteroatoms. The normalized spacial score (nSPS) is 16.9. The number of H-pyrrole nitrogens is 1. The number of nitrogens with zero attached hydrogens (tertiary/aromatic N) is 1. The van der Waals surface area contributed by atoms with Crippen LogP contribution in [0.2, 0.25) is 5.02 Å². The number of rotatable bonds is 3. The zero-order valence-electron chi connectivity index (χ0n) is 15.5. The van der Waals surface area contributed by atoms with Crippen LogP contribution in [0.5, 0.6) is 0 Å². The summed E-state index contributed by atoms with van der Waals surface area (Å²) in [5.41, 5.74) is 4.00. The Morgan fingerprint density at radius 3 is 2.52 bits per heavy atom. The molecule has 0 unspecified atom stereocenters. The van der Waals surface area contributed by atoms with E-state index in [1.807, 2.05) is 44.2 Å². The summed E-state index contributed by atoms with van der Waals surface area (Å²) in [5, 5.41) is 1.82. The average Bonchev–Trinajstić information content (AvgIpc) is 3.07. The molecule has 0 spiro atoms. The molecule has 2 aromatic carbocycles. The van der Waals surface area contributed by atoms with Gasteiger partial charge in [-0.15, -0.1) is 0 Å². The fraction of sp³-hybridized carbons (Fsp3) is 0.333. The lowest BCUT2D eigenvalue weighted by atomic mass is 9.95. The number of benzene rings is 2. The molecule has 0 atom stereocenters. The van der Waals surface area contributed by atoms with Gasteiger partial charge in [0.25, 0.3) is 0 Å². The molecule has 1 aliphatic rings. The molecule has 1 aromatic heterocycles. The van der Waals surface area contributed by atoms with Gasteiger partial charge in [0.15, 0.2) is 0 Å². The zero-order valence-corrected chi connectivity index (χ0v) is 17.1. The van der Waals surface area contributed by atoms with E-state index in [1.54, 1.807) is 10.4 Å². The highest BCUT2D eigenvalue weighted by atomic mass is 35.5. The maximum absolute atomic E-state index is 13.1. The highest BCUT2D eigenvalue weighted by Crippen LogP contribution is 2.33. The number of halogens is 1. The van der Waals surface area contributed by atoms with Crippen LogP contribution in [-0.4, -0.2) is 30.8 Å². The summed E-state index contributed by atoms with van der Waals surface area (Å²) in [4.78, 5) is 3.90. The number of aromatic amines is 1. The third-order valence-corrected chi connectivity index (χ3v) is 7.73. The Labute approximate surface area is 165 Å². The first-order chi connectivity index (χ1) is 12.8. The number of piperidine rings is 1. The van der Waals surface area contributed by atoms with E-state index in [9.17, 15) is 8.42 Å². The summed E-state index contributed by atoms with van der Waals surface area (Å²) in [6, 6.07) is 13.6. The summed E-state index contributed by atoms with van der Waals surface area (Å²) in [7, 11) is -3.45. The molecule has 0 bridgehead atoms. The van der Waals surface area contributed by atoms with Gasteiger partial charge in [0, 0.05) is 40.6 Å². The number of nitrogens with one attached hydrogen (secondary N) is 1. The number of aromatic nitrogens is 1. The Hall–Kier alpha value is -1.82. The van der Waals surface area contributed by atoms with E-state index in [0.717, 1.165) is 45.6 Å². The second kappa shape index (κ2) is 6.97. The Balaban J connectivity index is 1.53. The summed E-state index contributed by atoms with van der Waals surface area (Å²) in [6.45, 7) is 4.86. The Morgan fingerprint density at radius 2 is 1.78 bits per heavy atom. The number of sulfonamides is 1. The molecule has 1 aliphatic heterocycles. The van der Waals surface area contributed by atoms with Gasteiger partial charge >= 0.3 is 0 Å². The largest absolute Gasteiger partial charge is 0.358 e. The number of aryl methyl sites for hydroxylation is 2. The first kappa shape index (κ1) is 18.5. The highest BCUT2D eigenvalue weighted by molar-refractivity contribution is 7.89. The molecular formula is C21H23ClN2O2S. The van der Waals surface area contributed by atoms with Crippen LogP contribution in [0.1, 0.15) is 35.6 Å². The van der Waals surface area contributed by atoms with Gasteiger partial charge in [0.2, 0.25) is 10.0 Å². The van der Waals surface area contributed by atoms with Crippen LogP contribution in [0.25, 0.3) is 10.9 Å². The van der Waals surface area contributed by atoms with Crippen LogP contribution in [0.15, 0.2) is 47.4 Å². The van der Waals surface area contributed by atoms with Crippen LogP contribution in [0.3, 0.4) is 0 Å². The highest BCUT2D eigenvalue weighted by Gasteiger charge is 2.31. The molecule has 0 aliphatic carbocycles. The Kier molecular flexibility index (Phi) is 4.78. The third-order valence-electron chi connectivity index (χ3n) is 5.46. The summed E-state index contributed by atoms with van der Waals surface area (Å²) in [5.74, 6) is 0.334. The van der Waals surface area contributed by atoms with Crippen molar-refractivity contribution in [3.8, 4) is 0 Å². The standard InChI is InChI=1S/C21H23ClN2O2S/c1-14-3-4-15(2)21(11-14)27(25,26)24-9-7-16(8-10-24)20-13-17-12-18(22)5-6-19(17)23-20/h3-6,11-13,16,23H,7-10H2,1-2H3. The smallest absolute Gasteiger partial charge is 0.243 e. The van der Waals surface area contributed by atoms with Crippen molar-refractivity contribution in [2.45, 2.75) is 37.5 Å². The van der Waals surface area contributed by atoms with Crippen molar-refractivity contribution >= 4 is 32.5 Å². The lowest BCUT2D eigenvalue weighted by Crippen LogP contribution is -2.38. The Bertz CT molecular complexity index is 1100. The fourth-order valence-electron chi connectivity index (χ4n) is 3.88. The predicted octanol–water partition coefficient (Wildman–Crippen LogP) is 5.01. The topological polar surface area (TPSA) is 53.2 Å². The van der Waals surface area contributed by atoms with Gasteiger partial charge in [-0.25, -0.2) is 8.42 Å². The van der Waals surface area contributed by atoms with E-state index in [1.165, 1.54) is 0 Å². The van der Waals surface area contributed by atoms with E-state index in [4.69, 9.17) is 11.6 Å². The van der Waals surface area contributed by atoms with Crippen molar-refractivity contribution in [3.63, 3.8) is 0 Å². The summed E-state index contributed by atoms with van der Waals surface area (Å²) in [6.07, 6.45) is 1.62. The SMILES string of the molecule is Cc1ccc(C)c(S(=O)(=O)N2CCC(c3cc4cc(Cl)ccc4[nH]3)CC2)c1. The Morgan fingerprint density at radius 1 is 1.04 bits per heavy atom. The van der Waals surface area contributed by atoms with Crippen molar-refractivity contribution in [2.75, 3.05) is 13.1 Å². The minimum atomic E-state index is -3.45. The van der Waals surface area contributed by atoms with Gasteiger partial charge in [-0.2, -0.15) is 4.31 Å². The molecule has 1 fully saturated rings. The second-order valence-corrected chi connectivity index (χ2v) is 9.75. The number of fused-ring (bicyclic) bond motifs is 1. The lowest BCUT2D eigenvalue weighted by Gasteiger charge is -2.31. The maximum atomic E-state index is 13.1. The van der Waals surface area contributed by atoms with Gasteiger partial charge in [0.1, 0.15) is 0 Å². The van der Waals surface area contributed by atoms with E-state index >= 15 is 0 Å². The van der Waals surface area contributed by atoms with Gasteiger partial charge in [-0.1, -0.05) is 23.7 Å². The van der Waals surface area contributed by atoms with Gasteiger partial charge in [-0.3, -0.25) is 0 Å². The maximum Gasteiger partial charge on any atom is 0.243 e. The second-order valence-electron chi connectivity index (χ2n) is 7.40. The average molecular weight is 403 g/mol. The lowest BCUT2D eigenvalue weighted by molar-refractivity contribution is 0.317. The van der Waals surface area contributed by atoms with Crippen LogP contribution in [-0.2, 0) is 10.0 Å². The van der Waals surface area contributed by atoms with Crippen molar-refractivity contribution in [3.05, 3.63) is 64.3 Å². The summed E-state index contributed by atoms with van der Waals surface area (Å²) < 4.78 is 27.8. The van der Waals surface area contributed by atoms with E-state index < -0.39 is 10.0 Å². The van der Waals surface area contributed by atoms with Crippen LogP contribution < -0.4 is 0 Å². The molecule has 1 saturated heterocycles. The molecule has 4 rings (SSSR count). The minimum absolute atomic E-state index is 0.334. The van der Waals surface area contributed by atoms with E-state index in [-0.39, 0.29) is 0 Å². The number of hydrogen-bond donors (Lipinski definition) is 1. The van der Waals surface area contributed by atoms with Crippen LogP contribution in [0, 0.1) is 13.8 Å². The zero-order chi connectivity index (χ0) is 19.2. The molecule has 1 N–H and O–H groups in total. The minimum Gasteiger partial charge on any atom is -0.358 e. The molecule has 4 nitrogen and oxygen atoms in total. The third kappa shape index (κ3) is 3.51. The van der Waals surface area contributed by atoms with E-state index in [0.29, 0.717) is 23.9 Å². The molecule has 0 radical (unpaired) electrons. The molecule has 0 saturated carbocycles.